The van der Waals surface area contributed by atoms with E-state index in [1.165, 1.54) is 0 Å². The van der Waals surface area contributed by atoms with Crippen molar-refractivity contribution in [1.29, 1.82) is 0 Å². The molecule has 16 heteroatoms. The highest BCUT2D eigenvalue weighted by atomic mass is 32.2. The molecule has 14 nitrogen and oxygen atoms in total. The van der Waals surface area contributed by atoms with Gasteiger partial charge in [0.05, 0.1) is 45.9 Å². The Morgan fingerprint density at radius 3 is 1.41 bits per heavy atom. The van der Waals surface area contributed by atoms with E-state index in [1.807, 2.05) is 0 Å². The minimum atomic E-state index is -4.20. The predicted molar refractivity (Wildman–Crippen MR) is 127 cm³/mol. The van der Waals surface area contributed by atoms with Gasteiger partial charge < -0.3 is 9.47 Å². The minimum absolute atomic E-state index is 0.0950. The van der Waals surface area contributed by atoms with Crippen LogP contribution in [0.25, 0.3) is 0 Å². The lowest BCUT2D eigenvalue weighted by molar-refractivity contribution is -0.385. The Kier molecular flexibility index (Phi) is 7.15. The molecule has 2 fully saturated rings. The van der Waals surface area contributed by atoms with Gasteiger partial charge in [-0.25, -0.2) is 16.8 Å². The summed E-state index contributed by atoms with van der Waals surface area (Å²) in [7, 11) is -8.40. The van der Waals surface area contributed by atoms with Crippen LogP contribution in [0, 0.1) is 20.2 Å². The van der Waals surface area contributed by atoms with Crippen molar-refractivity contribution >= 4 is 31.4 Å². The molecular formula is C21H22N4O10S2. The normalized spacial score (nSPS) is 19.4. The topological polar surface area (TPSA) is 179 Å². The SMILES string of the molecule is C=C1CN(S(=O)(=O)c2ccc([N+](=O)[O-])cc2)CC2(CN(S(=O)(=O)c3ccc([N+](=O)[O-])cc3)C1)OCCO2. The van der Waals surface area contributed by atoms with Crippen LogP contribution < -0.4 is 0 Å². The maximum Gasteiger partial charge on any atom is 0.269 e. The second kappa shape index (κ2) is 9.88. The van der Waals surface area contributed by atoms with Gasteiger partial charge in [-0.2, -0.15) is 8.61 Å². The van der Waals surface area contributed by atoms with Crippen molar-refractivity contribution in [3.05, 3.63) is 80.9 Å². The van der Waals surface area contributed by atoms with Crippen LogP contribution in [0.5, 0.6) is 0 Å². The molecule has 2 aliphatic rings. The summed E-state index contributed by atoms with van der Waals surface area (Å²) in [6.07, 6.45) is 0. The highest BCUT2D eigenvalue weighted by molar-refractivity contribution is 7.89. The molecule has 0 amide bonds. The molecule has 198 valence electrons. The molecule has 1 spiro atoms. The first-order valence-electron chi connectivity index (χ1n) is 10.8. The molecule has 2 saturated heterocycles. The highest BCUT2D eigenvalue weighted by Gasteiger charge is 2.47. The molecule has 2 aliphatic heterocycles. The van der Waals surface area contributed by atoms with E-state index >= 15 is 0 Å². The molecule has 0 bridgehead atoms. The van der Waals surface area contributed by atoms with E-state index in [2.05, 4.69) is 6.58 Å². The largest absolute Gasteiger partial charge is 0.345 e. The lowest BCUT2D eigenvalue weighted by Crippen LogP contribution is -2.57. The third-order valence-corrected chi connectivity index (χ3v) is 9.43. The highest BCUT2D eigenvalue weighted by Crippen LogP contribution is 2.32. The zero-order valence-electron chi connectivity index (χ0n) is 19.3. The number of sulfonamides is 2. The summed E-state index contributed by atoms with van der Waals surface area (Å²) in [4.78, 5) is 20.2. The van der Waals surface area contributed by atoms with Gasteiger partial charge in [0, 0.05) is 37.4 Å². The van der Waals surface area contributed by atoms with Crippen LogP contribution in [0.3, 0.4) is 0 Å². The predicted octanol–water partition coefficient (Wildman–Crippen LogP) is 1.50. The first-order valence-corrected chi connectivity index (χ1v) is 13.7. The molecule has 0 radical (unpaired) electrons. The number of ether oxygens (including phenoxy) is 2. The number of nitro groups is 2. The Morgan fingerprint density at radius 1 is 0.730 bits per heavy atom. The van der Waals surface area contributed by atoms with E-state index in [4.69, 9.17) is 9.47 Å². The average molecular weight is 555 g/mol. The molecule has 37 heavy (non-hydrogen) atoms. The lowest BCUT2D eigenvalue weighted by atomic mass is 10.2. The molecule has 0 N–H and O–H groups in total. The number of nitro benzene ring substituents is 2. The number of non-ortho nitro benzene ring substituents is 2. The van der Waals surface area contributed by atoms with Crippen molar-refractivity contribution in [2.75, 3.05) is 39.4 Å². The second-order valence-corrected chi connectivity index (χ2v) is 12.3. The van der Waals surface area contributed by atoms with Gasteiger partial charge in [0.25, 0.3) is 11.4 Å². The van der Waals surface area contributed by atoms with Crippen LogP contribution in [0.4, 0.5) is 11.4 Å². The molecule has 2 aromatic rings. The summed E-state index contributed by atoms with van der Waals surface area (Å²) in [6.45, 7) is 2.73. The van der Waals surface area contributed by atoms with Crippen molar-refractivity contribution in [2.24, 2.45) is 0 Å². The van der Waals surface area contributed by atoms with Crippen LogP contribution in [0.2, 0.25) is 0 Å². The average Bonchev–Trinajstić information content (AvgIpc) is 3.30. The van der Waals surface area contributed by atoms with Gasteiger partial charge in [0.1, 0.15) is 0 Å². The van der Waals surface area contributed by atoms with Crippen LogP contribution in [-0.2, 0) is 29.5 Å². The van der Waals surface area contributed by atoms with Crippen molar-refractivity contribution in [3.8, 4) is 0 Å². The van der Waals surface area contributed by atoms with Crippen LogP contribution in [0.15, 0.2) is 70.5 Å². The number of rotatable bonds is 6. The number of hydrogen-bond acceptors (Lipinski definition) is 10. The van der Waals surface area contributed by atoms with E-state index in [0.717, 1.165) is 57.1 Å². The first-order chi connectivity index (χ1) is 17.3. The van der Waals surface area contributed by atoms with E-state index in [9.17, 15) is 37.1 Å². The summed E-state index contributed by atoms with van der Waals surface area (Å²) in [6, 6.07) is 8.75. The molecule has 2 heterocycles. The third kappa shape index (κ3) is 5.39. The van der Waals surface area contributed by atoms with Crippen molar-refractivity contribution in [3.63, 3.8) is 0 Å². The van der Waals surface area contributed by atoms with E-state index in [1.54, 1.807) is 0 Å². The summed E-state index contributed by atoms with van der Waals surface area (Å²) < 4.78 is 67.2. The Hall–Kier alpha value is -3.28. The number of benzene rings is 2. The van der Waals surface area contributed by atoms with Gasteiger partial charge in [-0.1, -0.05) is 6.58 Å². The third-order valence-electron chi connectivity index (χ3n) is 5.82. The smallest absolute Gasteiger partial charge is 0.269 e. The van der Waals surface area contributed by atoms with E-state index in [0.29, 0.717) is 0 Å². The van der Waals surface area contributed by atoms with E-state index in [-0.39, 0.29) is 66.1 Å². The molecule has 0 atom stereocenters. The fraction of sp³-hybridized carbons (Fsp3) is 0.333. The molecule has 4 rings (SSSR count). The number of hydrogen-bond donors (Lipinski definition) is 0. The van der Waals surface area contributed by atoms with Crippen LogP contribution >= 0.6 is 0 Å². The second-order valence-electron chi connectivity index (χ2n) is 8.41. The Balaban J connectivity index is 1.66. The Morgan fingerprint density at radius 2 is 1.08 bits per heavy atom. The van der Waals surface area contributed by atoms with Gasteiger partial charge >= 0.3 is 0 Å². The number of nitrogens with zero attached hydrogens (tertiary/aromatic N) is 4. The van der Waals surface area contributed by atoms with Gasteiger partial charge in [0.15, 0.2) is 5.79 Å². The maximum absolute atomic E-state index is 13.4. The molecule has 0 saturated carbocycles. The van der Waals surface area contributed by atoms with Gasteiger partial charge in [0.2, 0.25) is 20.0 Å². The molecular weight excluding hydrogens is 532 g/mol. The standard InChI is InChI=1S/C21H22N4O10S2/c1-16-12-22(36(30,31)19-6-2-17(3-7-19)24(26)27)14-21(34-10-11-35-21)15-23(13-16)37(32,33)20-8-4-18(5-9-20)25(28)29/h2-9H,1,10-15H2. The Bertz CT molecular complexity index is 1330. The molecule has 2 aromatic carbocycles. The molecule has 0 aromatic heterocycles. The van der Waals surface area contributed by atoms with Crippen molar-refractivity contribution in [1.82, 2.24) is 8.61 Å². The molecule has 0 unspecified atom stereocenters. The zero-order valence-corrected chi connectivity index (χ0v) is 20.9. The van der Waals surface area contributed by atoms with Gasteiger partial charge in [-0.15, -0.1) is 0 Å². The van der Waals surface area contributed by atoms with Crippen molar-refractivity contribution in [2.45, 2.75) is 15.6 Å². The summed E-state index contributed by atoms with van der Waals surface area (Å²) in [5, 5.41) is 21.9. The minimum Gasteiger partial charge on any atom is -0.345 e. The lowest BCUT2D eigenvalue weighted by Gasteiger charge is -2.39. The van der Waals surface area contributed by atoms with E-state index < -0.39 is 35.7 Å². The van der Waals surface area contributed by atoms with Gasteiger partial charge in [-0.05, 0) is 29.8 Å². The molecule has 0 aliphatic carbocycles. The summed E-state index contributed by atoms with van der Waals surface area (Å²) in [5.41, 5.74) is -0.312. The maximum atomic E-state index is 13.4. The summed E-state index contributed by atoms with van der Waals surface area (Å²) in [5.74, 6) is -1.64. The van der Waals surface area contributed by atoms with Gasteiger partial charge in [-0.3, -0.25) is 20.2 Å². The fourth-order valence-corrected chi connectivity index (χ4v) is 7.04. The van der Waals surface area contributed by atoms with Crippen LogP contribution in [-0.4, -0.2) is 80.5 Å². The quantitative estimate of drug-likeness (QED) is 0.288. The zero-order chi connectivity index (χ0) is 27.0. The van der Waals surface area contributed by atoms with Crippen molar-refractivity contribution < 1.29 is 36.2 Å². The summed E-state index contributed by atoms with van der Waals surface area (Å²) >= 11 is 0. The van der Waals surface area contributed by atoms with Crippen LogP contribution in [0.1, 0.15) is 0 Å². The fourth-order valence-electron chi connectivity index (χ4n) is 4.05. The Labute approximate surface area is 212 Å². The first kappa shape index (κ1) is 26.8. The monoisotopic (exact) mass is 554 g/mol.